The van der Waals surface area contributed by atoms with Crippen LogP contribution in [0.4, 0.5) is 4.39 Å². The van der Waals surface area contributed by atoms with Crippen molar-refractivity contribution in [3.8, 4) is 11.8 Å². The van der Waals surface area contributed by atoms with Crippen LogP contribution in [0.15, 0.2) is 18.2 Å². The second kappa shape index (κ2) is 4.96. The van der Waals surface area contributed by atoms with E-state index >= 15 is 0 Å². The summed E-state index contributed by atoms with van der Waals surface area (Å²) in [5.41, 5.74) is -0.0921. The van der Waals surface area contributed by atoms with Crippen LogP contribution < -0.4 is 4.74 Å². The molecule has 1 fully saturated rings. The molecule has 3 nitrogen and oxygen atoms in total. The highest BCUT2D eigenvalue weighted by Crippen LogP contribution is 2.25. The predicted molar refractivity (Wildman–Crippen MR) is 59.0 cm³/mol. The van der Waals surface area contributed by atoms with Crippen molar-refractivity contribution < 1.29 is 13.9 Å². The Bertz CT molecular complexity index is 479. The zero-order valence-electron chi connectivity index (χ0n) is 9.28. The average molecular weight is 233 g/mol. The number of Topliss-reactive ketones (excluding diaryl/α,β-unsaturated/α-hetero) is 1. The van der Waals surface area contributed by atoms with E-state index in [2.05, 4.69) is 0 Å². The lowest BCUT2D eigenvalue weighted by Crippen LogP contribution is -2.25. The standard InChI is InChI=1S/C13H12FNO2/c14-12-5-2-6-13(11(12)8-15)17-10-4-1-3-9(16)7-10/h2,5-6,10H,1,3-4,7H2. The Morgan fingerprint density at radius 2 is 2.29 bits per heavy atom. The third-order valence-corrected chi connectivity index (χ3v) is 2.82. The number of hydrogen-bond acceptors (Lipinski definition) is 3. The molecule has 1 aromatic carbocycles. The molecule has 1 aliphatic rings. The lowest BCUT2D eigenvalue weighted by molar-refractivity contribution is -0.122. The summed E-state index contributed by atoms with van der Waals surface area (Å²) < 4.78 is 18.9. The van der Waals surface area contributed by atoms with E-state index < -0.39 is 5.82 Å². The van der Waals surface area contributed by atoms with E-state index in [1.165, 1.54) is 12.1 Å². The zero-order chi connectivity index (χ0) is 12.3. The van der Waals surface area contributed by atoms with Crippen LogP contribution in [0.3, 0.4) is 0 Å². The highest BCUT2D eigenvalue weighted by atomic mass is 19.1. The normalized spacial score (nSPS) is 19.8. The van der Waals surface area contributed by atoms with E-state index in [9.17, 15) is 9.18 Å². The maximum absolute atomic E-state index is 13.3. The second-order valence-corrected chi connectivity index (χ2v) is 4.10. The Labute approximate surface area is 98.8 Å². The molecule has 4 heteroatoms. The zero-order valence-corrected chi connectivity index (χ0v) is 9.28. The van der Waals surface area contributed by atoms with Crippen LogP contribution in [0.2, 0.25) is 0 Å². The van der Waals surface area contributed by atoms with Gasteiger partial charge < -0.3 is 4.74 Å². The number of carbonyl (C=O) groups excluding carboxylic acids is 1. The summed E-state index contributed by atoms with van der Waals surface area (Å²) in [4.78, 5) is 11.3. The van der Waals surface area contributed by atoms with Crippen LogP contribution in [-0.4, -0.2) is 11.9 Å². The highest BCUT2D eigenvalue weighted by Gasteiger charge is 2.22. The van der Waals surface area contributed by atoms with Gasteiger partial charge in [0.15, 0.2) is 0 Å². The minimum atomic E-state index is -0.591. The van der Waals surface area contributed by atoms with Gasteiger partial charge in [-0.3, -0.25) is 4.79 Å². The first-order valence-electron chi connectivity index (χ1n) is 5.57. The summed E-state index contributed by atoms with van der Waals surface area (Å²) in [7, 11) is 0. The van der Waals surface area contributed by atoms with Gasteiger partial charge in [0, 0.05) is 12.8 Å². The average Bonchev–Trinajstić information content (AvgIpc) is 2.29. The van der Waals surface area contributed by atoms with Crippen LogP contribution in [0.5, 0.6) is 5.75 Å². The molecule has 0 amide bonds. The Morgan fingerprint density at radius 3 is 3.00 bits per heavy atom. The van der Waals surface area contributed by atoms with Gasteiger partial charge in [0.1, 0.15) is 35.1 Å². The van der Waals surface area contributed by atoms with Gasteiger partial charge >= 0.3 is 0 Å². The van der Waals surface area contributed by atoms with Gasteiger partial charge in [-0.15, -0.1) is 0 Å². The van der Waals surface area contributed by atoms with Gasteiger partial charge in [0.05, 0.1) is 0 Å². The highest BCUT2D eigenvalue weighted by molar-refractivity contribution is 5.79. The van der Waals surface area contributed by atoms with Gasteiger partial charge in [0.2, 0.25) is 0 Å². The first-order chi connectivity index (χ1) is 8.20. The number of nitrogens with zero attached hydrogens (tertiary/aromatic N) is 1. The molecule has 0 radical (unpaired) electrons. The number of benzene rings is 1. The number of ketones is 1. The van der Waals surface area contributed by atoms with E-state index in [4.69, 9.17) is 10.00 Å². The molecule has 1 aromatic rings. The molecule has 0 heterocycles. The summed E-state index contributed by atoms with van der Waals surface area (Å²) in [5, 5.41) is 8.84. The molecule has 88 valence electrons. The van der Waals surface area contributed by atoms with Crippen LogP contribution in [-0.2, 0) is 4.79 Å². The molecule has 0 bridgehead atoms. The van der Waals surface area contributed by atoms with E-state index in [0.29, 0.717) is 12.8 Å². The fraction of sp³-hybridized carbons (Fsp3) is 0.385. The minimum Gasteiger partial charge on any atom is -0.488 e. The molecule has 0 saturated heterocycles. The van der Waals surface area contributed by atoms with E-state index in [0.717, 1.165) is 12.8 Å². The molecule has 0 aliphatic heterocycles. The lowest BCUT2D eigenvalue weighted by Gasteiger charge is -2.22. The first-order valence-corrected chi connectivity index (χ1v) is 5.57. The third kappa shape index (κ3) is 2.62. The van der Waals surface area contributed by atoms with Gasteiger partial charge in [-0.05, 0) is 25.0 Å². The SMILES string of the molecule is N#Cc1c(F)cccc1OC1CCCC(=O)C1. The maximum Gasteiger partial charge on any atom is 0.144 e. The van der Waals surface area contributed by atoms with Gasteiger partial charge in [-0.25, -0.2) is 4.39 Å². The molecule has 1 unspecified atom stereocenters. The van der Waals surface area contributed by atoms with Crippen LogP contribution in [0.1, 0.15) is 31.2 Å². The van der Waals surface area contributed by atoms with Crippen molar-refractivity contribution in [2.75, 3.05) is 0 Å². The number of hydrogen-bond donors (Lipinski definition) is 0. The fourth-order valence-corrected chi connectivity index (χ4v) is 1.98. The quantitative estimate of drug-likeness (QED) is 0.788. The number of ether oxygens (including phenoxy) is 1. The largest absolute Gasteiger partial charge is 0.488 e. The van der Waals surface area contributed by atoms with Gasteiger partial charge in [-0.2, -0.15) is 5.26 Å². The molecule has 17 heavy (non-hydrogen) atoms. The Kier molecular flexibility index (Phi) is 3.38. The maximum atomic E-state index is 13.3. The molecule has 1 saturated carbocycles. The summed E-state index contributed by atoms with van der Waals surface area (Å²) in [5.74, 6) is -0.199. The monoisotopic (exact) mass is 233 g/mol. The van der Waals surface area contributed by atoms with Crippen molar-refractivity contribution in [1.82, 2.24) is 0 Å². The van der Waals surface area contributed by atoms with Crippen molar-refractivity contribution in [3.63, 3.8) is 0 Å². The van der Waals surface area contributed by atoms with E-state index in [1.807, 2.05) is 0 Å². The summed E-state index contributed by atoms with van der Waals surface area (Å²) in [6, 6.07) is 6.05. The molecule has 0 aromatic heterocycles. The lowest BCUT2D eigenvalue weighted by atomic mass is 9.96. The van der Waals surface area contributed by atoms with Crippen LogP contribution in [0.25, 0.3) is 0 Å². The Hall–Kier alpha value is -1.89. The van der Waals surface area contributed by atoms with Crippen molar-refractivity contribution in [3.05, 3.63) is 29.6 Å². The molecule has 0 N–H and O–H groups in total. The number of carbonyl (C=O) groups is 1. The van der Waals surface area contributed by atoms with Crippen LogP contribution in [0, 0.1) is 17.1 Å². The first kappa shape index (κ1) is 11.6. The summed E-state index contributed by atoms with van der Waals surface area (Å²) in [6.45, 7) is 0. The van der Waals surface area contributed by atoms with Gasteiger partial charge in [0.25, 0.3) is 0 Å². The summed E-state index contributed by atoms with van der Waals surface area (Å²) >= 11 is 0. The Balaban J connectivity index is 2.16. The van der Waals surface area contributed by atoms with Crippen molar-refractivity contribution in [2.24, 2.45) is 0 Å². The number of nitriles is 1. The smallest absolute Gasteiger partial charge is 0.144 e. The molecule has 0 spiro atoms. The molecular weight excluding hydrogens is 221 g/mol. The molecule has 1 atom stereocenters. The fourth-order valence-electron chi connectivity index (χ4n) is 1.98. The van der Waals surface area contributed by atoms with Gasteiger partial charge in [-0.1, -0.05) is 6.07 Å². The van der Waals surface area contributed by atoms with Crippen molar-refractivity contribution in [1.29, 1.82) is 5.26 Å². The van der Waals surface area contributed by atoms with Crippen LogP contribution >= 0.6 is 0 Å². The van der Waals surface area contributed by atoms with Crippen molar-refractivity contribution in [2.45, 2.75) is 31.8 Å². The number of rotatable bonds is 2. The molecular formula is C13H12FNO2. The summed E-state index contributed by atoms with van der Waals surface area (Å²) in [6.07, 6.45) is 2.27. The van der Waals surface area contributed by atoms with E-state index in [1.54, 1.807) is 12.1 Å². The van der Waals surface area contributed by atoms with Crippen molar-refractivity contribution >= 4 is 5.78 Å². The number of halogens is 1. The van der Waals surface area contributed by atoms with E-state index in [-0.39, 0.29) is 23.2 Å². The predicted octanol–water partition coefficient (Wildman–Crippen LogP) is 2.59. The topological polar surface area (TPSA) is 50.1 Å². The molecule has 1 aliphatic carbocycles. The third-order valence-electron chi connectivity index (χ3n) is 2.82. The molecule has 2 rings (SSSR count). The minimum absolute atomic E-state index is 0.0921. The second-order valence-electron chi connectivity index (χ2n) is 4.10. The Morgan fingerprint density at radius 1 is 1.47 bits per heavy atom.